The van der Waals surface area contributed by atoms with Gasteiger partial charge in [-0.1, -0.05) is 19.1 Å². The summed E-state index contributed by atoms with van der Waals surface area (Å²) in [6.45, 7) is 5.71. The summed E-state index contributed by atoms with van der Waals surface area (Å²) >= 11 is 1.46. The maximum Gasteiger partial charge on any atom is 0.325 e. The van der Waals surface area contributed by atoms with Crippen molar-refractivity contribution in [3.8, 4) is 0 Å². The maximum absolute atomic E-state index is 12.0. The second-order valence-electron chi connectivity index (χ2n) is 4.76. The molecule has 0 aliphatic carbocycles. The Kier molecular flexibility index (Phi) is 4.93. The fourth-order valence-electron chi connectivity index (χ4n) is 1.95. The van der Waals surface area contributed by atoms with E-state index in [4.69, 9.17) is 0 Å². The van der Waals surface area contributed by atoms with Crippen LogP contribution in [0.1, 0.15) is 36.1 Å². The Labute approximate surface area is 128 Å². The monoisotopic (exact) mass is 305 g/mol. The van der Waals surface area contributed by atoms with E-state index in [0.29, 0.717) is 10.8 Å². The van der Waals surface area contributed by atoms with Crippen molar-refractivity contribution in [3.63, 3.8) is 0 Å². The zero-order valence-electron chi connectivity index (χ0n) is 12.3. The van der Waals surface area contributed by atoms with Crippen molar-refractivity contribution in [1.82, 2.24) is 4.98 Å². The second-order valence-corrected chi connectivity index (χ2v) is 5.96. The first-order valence-electron chi connectivity index (χ1n) is 6.82. The molecule has 0 saturated carbocycles. The SMILES string of the molecule is CCc1nc(NC(=O)Nc2cccc(C(C)O)c2)sc1C. The maximum atomic E-state index is 12.0. The van der Waals surface area contributed by atoms with Crippen molar-refractivity contribution in [2.24, 2.45) is 0 Å². The molecule has 1 heterocycles. The minimum absolute atomic E-state index is 0.339. The fraction of sp³-hybridized carbons (Fsp3) is 0.333. The van der Waals surface area contributed by atoms with E-state index < -0.39 is 6.10 Å². The van der Waals surface area contributed by atoms with Crippen molar-refractivity contribution in [1.29, 1.82) is 0 Å². The zero-order valence-corrected chi connectivity index (χ0v) is 13.1. The Morgan fingerprint density at radius 1 is 1.43 bits per heavy atom. The molecule has 0 bridgehead atoms. The Bertz CT molecular complexity index is 638. The number of amides is 2. The van der Waals surface area contributed by atoms with Crippen molar-refractivity contribution >= 4 is 28.2 Å². The third kappa shape index (κ3) is 4.03. The molecule has 2 amide bonds. The molecule has 0 aliphatic rings. The summed E-state index contributed by atoms with van der Waals surface area (Å²) in [5.41, 5.74) is 2.40. The molecule has 1 atom stereocenters. The van der Waals surface area contributed by atoms with E-state index in [1.54, 1.807) is 25.1 Å². The normalized spacial score (nSPS) is 12.0. The number of hydrogen-bond acceptors (Lipinski definition) is 4. The number of aliphatic hydroxyl groups is 1. The van der Waals surface area contributed by atoms with E-state index in [1.165, 1.54) is 11.3 Å². The van der Waals surface area contributed by atoms with Crippen molar-refractivity contribution < 1.29 is 9.90 Å². The van der Waals surface area contributed by atoms with Crippen molar-refractivity contribution in [2.45, 2.75) is 33.3 Å². The van der Waals surface area contributed by atoms with Gasteiger partial charge in [0.1, 0.15) is 0 Å². The van der Waals surface area contributed by atoms with E-state index in [-0.39, 0.29) is 6.03 Å². The van der Waals surface area contributed by atoms with Crippen LogP contribution in [0.3, 0.4) is 0 Å². The van der Waals surface area contributed by atoms with Gasteiger partial charge in [0.15, 0.2) is 5.13 Å². The van der Waals surface area contributed by atoms with Gasteiger partial charge in [-0.3, -0.25) is 5.32 Å². The Hall–Kier alpha value is -1.92. The molecule has 0 aliphatic heterocycles. The van der Waals surface area contributed by atoms with E-state index in [1.807, 2.05) is 19.9 Å². The molecule has 5 nitrogen and oxygen atoms in total. The largest absolute Gasteiger partial charge is 0.389 e. The lowest BCUT2D eigenvalue weighted by Gasteiger charge is -2.09. The number of hydrogen-bond donors (Lipinski definition) is 3. The summed E-state index contributed by atoms with van der Waals surface area (Å²) in [4.78, 5) is 17.4. The van der Waals surface area contributed by atoms with E-state index in [2.05, 4.69) is 15.6 Å². The smallest absolute Gasteiger partial charge is 0.325 e. The summed E-state index contributed by atoms with van der Waals surface area (Å²) in [6.07, 6.45) is 0.283. The van der Waals surface area contributed by atoms with Gasteiger partial charge in [0, 0.05) is 10.6 Å². The van der Waals surface area contributed by atoms with Gasteiger partial charge in [-0.25, -0.2) is 9.78 Å². The number of nitrogens with zero attached hydrogens (tertiary/aromatic N) is 1. The van der Waals surface area contributed by atoms with E-state index >= 15 is 0 Å². The lowest BCUT2D eigenvalue weighted by atomic mass is 10.1. The van der Waals surface area contributed by atoms with Crippen molar-refractivity contribution in [3.05, 3.63) is 40.4 Å². The molecule has 1 aromatic carbocycles. The minimum atomic E-state index is -0.566. The molecule has 21 heavy (non-hydrogen) atoms. The lowest BCUT2D eigenvalue weighted by molar-refractivity contribution is 0.199. The number of urea groups is 1. The number of carbonyl (C=O) groups excluding carboxylic acids is 1. The van der Waals surface area contributed by atoms with Gasteiger partial charge in [0.25, 0.3) is 0 Å². The van der Waals surface area contributed by atoms with Gasteiger partial charge in [0.05, 0.1) is 11.8 Å². The highest BCUT2D eigenvalue weighted by atomic mass is 32.1. The van der Waals surface area contributed by atoms with Crippen LogP contribution in [0.15, 0.2) is 24.3 Å². The molecule has 1 unspecified atom stereocenters. The Morgan fingerprint density at radius 2 is 2.19 bits per heavy atom. The number of aliphatic hydroxyl groups excluding tert-OH is 1. The average molecular weight is 305 g/mol. The molecule has 0 saturated heterocycles. The predicted molar refractivity (Wildman–Crippen MR) is 85.9 cm³/mol. The van der Waals surface area contributed by atoms with Crippen LogP contribution in [0, 0.1) is 6.92 Å². The third-order valence-electron chi connectivity index (χ3n) is 3.07. The molecule has 0 fully saturated rings. The van der Waals surface area contributed by atoms with Crippen LogP contribution < -0.4 is 10.6 Å². The predicted octanol–water partition coefficient (Wildman–Crippen LogP) is 3.71. The van der Waals surface area contributed by atoms with Gasteiger partial charge in [-0.15, -0.1) is 11.3 Å². The number of anilines is 2. The molecule has 2 aromatic rings. The summed E-state index contributed by atoms with van der Waals surface area (Å²) < 4.78 is 0. The lowest BCUT2D eigenvalue weighted by Crippen LogP contribution is -2.19. The van der Waals surface area contributed by atoms with Crippen LogP contribution in [-0.4, -0.2) is 16.1 Å². The minimum Gasteiger partial charge on any atom is -0.389 e. The summed E-state index contributed by atoms with van der Waals surface area (Å²) in [5.74, 6) is 0. The summed E-state index contributed by atoms with van der Waals surface area (Å²) in [6, 6.07) is 6.78. The second kappa shape index (κ2) is 6.69. The first-order chi connectivity index (χ1) is 9.99. The quantitative estimate of drug-likeness (QED) is 0.806. The zero-order chi connectivity index (χ0) is 15.4. The highest BCUT2D eigenvalue weighted by Gasteiger charge is 2.10. The number of aromatic nitrogens is 1. The molecule has 0 radical (unpaired) electrons. The topological polar surface area (TPSA) is 74.2 Å². The van der Waals surface area contributed by atoms with Crippen LogP contribution in [0.5, 0.6) is 0 Å². The van der Waals surface area contributed by atoms with Gasteiger partial charge in [-0.05, 0) is 38.0 Å². The van der Waals surface area contributed by atoms with Gasteiger partial charge in [0.2, 0.25) is 0 Å². The summed E-state index contributed by atoms with van der Waals surface area (Å²) in [7, 11) is 0. The molecule has 3 N–H and O–H groups in total. The van der Waals surface area contributed by atoms with Crippen LogP contribution in [0.2, 0.25) is 0 Å². The number of nitrogens with one attached hydrogen (secondary N) is 2. The van der Waals surface area contributed by atoms with Crippen LogP contribution in [0.4, 0.5) is 15.6 Å². The average Bonchev–Trinajstić information content (AvgIpc) is 2.78. The molecule has 2 rings (SSSR count). The standard InChI is InChI=1S/C15H19N3O2S/c1-4-13-10(3)21-15(17-13)18-14(20)16-12-7-5-6-11(8-12)9(2)19/h5-9,19H,4H2,1-3H3,(H2,16,17,18,20). The summed E-state index contributed by atoms with van der Waals surface area (Å²) in [5, 5.41) is 15.6. The number of benzene rings is 1. The van der Waals surface area contributed by atoms with Crippen molar-refractivity contribution in [2.75, 3.05) is 10.6 Å². The Balaban J connectivity index is 2.02. The molecular weight excluding hydrogens is 286 g/mol. The number of rotatable bonds is 4. The molecule has 6 heteroatoms. The number of thiazole rings is 1. The van der Waals surface area contributed by atoms with E-state index in [9.17, 15) is 9.90 Å². The number of aryl methyl sites for hydroxylation is 2. The highest BCUT2D eigenvalue weighted by Crippen LogP contribution is 2.23. The first kappa shape index (κ1) is 15.5. The molecular formula is C15H19N3O2S. The van der Waals surface area contributed by atoms with Crippen LogP contribution in [0.25, 0.3) is 0 Å². The Morgan fingerprint density at radius 3 is 2.81 bits per heavy atom. The van der Waals surface area contributed by atoms with Crippen LogP contribution >= 0.6 is 11.3 Å². The number of carbonyl (C=O) groups is 1. The third-order valence-corrected chi connectivity index (χ3v) is 4.00. The van der Waals surface area contributed by atoms with E-state index in [0.717, 1.165) is 22.6 Å². The molecule has 1 aromatic heterocycles. The highest BCUT2D eigenvalue weighted by molar-refractivity contribution is 7.15. The van der Waals surface area contributed by atoms with Gasteiger partial charge in [-0.2, -0.15) is 0 Å². The first-order valence-corrected chi connectivity index (χ1v) is 7.63. The van der Waals surface area contributed by atoms with Gasteiger partial charge >= 0.3 is 6.03 Å². The van der Waals surface area contributed by atoms with Crippen LogP contribution in [-0.2, 0) is 6.42 Å². The fourth-order valence-corrected chi connectivity index (χ4v) is 2.84. The molecule has 112 valence electrons. The molecule has 0 spiro atoms. The van der Waals surface area contributed by atoms with Gasteiger partial charge < -0.3 is 10.4 Å².